The van der Waals surface area contributed by atoms with Crippen LogP contribution < -0.4 is 16.7 Å². The first-order chi connectivity index (χ1) is 18.1. The molecule has 2 radical (unpaired) electrons. The summed E-state index contributed by atoms with van der Waals surface area (Å²) in [5.74, 6) is -0.133. The van der Waals surface area contributed by atoms with Crippen LogP contribution in [0.3, 0.4) is 0 Å². The van der Waals surface area contributed by atoms with Crippen molar-refractivity contribution in [1.82, 2.24) is 14.3 Å². The zero-order valence-corrected chi connectivity index (χ0v) is 27.0. The molecule has 6 nitrogen and oxygen atoms in total. The Labute approximate surface area is 244 Å². The van der Waals surface area contributed by atoms with Crippen molar-refractivity contribution in [2.45, 2.75) is 68.9 Å². The molecule has 8 heteroatoms. The van der Waals surface area contributed by atoms with Crippen molar-refractivity contribution in [2.75, 3.05) is 0 Å². The molecule has 0 aliphatic carbocycles. The van der Waals surface area contributed by atoms with E-state index in [1.54, 1.807) is 20.8 Å². The second-order valence-corrected chi connectivity index (χ2v) is 7.53. The molecule has 0 bridgehead atoms. The summed E-state index contributed by atoms with van der Waals surface area (Å²) < 4.78 is 9.85. The summed E-state index contributed by atoms with van der Waals surface area (Å²) in [7, 11) is 5.60. The predicted molar refractivity (Wildman–Crippen MR) is 157 cm³/mol. The molecular formula is C30H41BN3O3W-. The van der Waals surface area contributed by atoms with E-state index in [-0.39, 0.29) is 38.5 Å². The number of hydrogen-bond donors (Lipinski definition) is 2. The number of para-hydroxylation sites is 1. The summed E-state index contributed by atoms with van der Waals surface area (Å²) in [5, 5.41) is 12.2. The van der Waals surface area contributed by atoms with E-state index in [0.29, 0.717) is 23.3 Å². The van der Waals surface area contributed by atoms with E-state index in [1.807, 2.05) is 58.0 Å². The molecule has 0 aliphatic rings. The van der Waals surface area contributed by atoms with Crippen LogP contribution in [0.15, 0.2) is 70.2 Å². The topological polar surface area (TPSA) is 80.0 Å². The van der Waals surface area contributed by atoms with E-state index in [4.69, 9.17) is 9.22 Å². The van der Waals surface area contributed by atoms with Crippen LogP contribution in [0, 0.1) is 33.8 Å². The van der Waals surface area contributed by atoms with E-state index in [0.717, 1.165) is 5.69 Å². The van der Waals surface area contributed by atoms with Gasteiger partial charge in [-0.25, -0.2) is 10.7 Å². The van der Waals surface area contributed by atoms with Gasteiger partial charge in [0.25, 0.3) is 5.56 Å². The van der Waals surface area contributed by atoms with Crippen LogP contribution in [0.5, 0.6) is 5.88 Å². The van der Waals surface area contributed by atoms with E-state index in [1.165, 1.54) is 20.4 Å². The zero-order valence-electron chi connectivity index (χ0n) is 25.0. The Hall–Kier alpha value is -3.05. The van der Waals surface area contributed by atoms with Crippen LogP contribution in [0.2, 0.25) is 0 Å². The molecule has 2 heterocycles. The number of benzene rings is 2. The maximum atomic E-state index is 11.6. The molecule has 0 amide bonds. The van der Waals surface area contributed by atoms with Crippen molar-refractivity contribution in [3.63, 3.8) is 0 Å². The van der Waals surface area contributed by atoms with Gasteiger partial charge in [0.2, 0.25) is 0 Å². The molecule has 0 aliphatic heterocycles. The number of aryl methyl sites for hydroxylation is 2. The molecule has 2 N–H and O–H groups in total. The third kappa shape index (κ3) is 11.6. The summed E-state index contributed by atoms with van der Waals surface area (Å²) >= 11 is 0. The van der Waals surface area contributed by atoms with Gasteiger partial charge < -0.3 is 14.8 Å². The van der Waals surface area contributed by atoms with Crippen LogP contribution >= 0.6 is 0 Å². The third-order valence-electron chi connectivity index (χ3n) is 4.90. The van der Waals surface area contributed by atoms with Crippen molar-refractivity contribution >= 4 is 13.4 Å². The van der Waals surface area contributed by atoms with Crippen molar-refractivity contribution in [3.8, 4) is 11.6 Å². The van der Waals surface area contributed by atoms with Crippen molar-refractivity contribution in [2.24, 2.45) is 0 Å². The number of aromatic amines is 1. The Kier molecular flexibility index (Phi) is 18.4. The molecular weight excluding hydrogens is 645 g/mol. The van der Waals surface area contributed by atoms with Crippen LogP contribution in [0.1, 0.15) is 58.2 Å². The second-order valence-electron chi connectivity index (χ2n) is 7.53. The summed E-state index contributed by atoms with van der Waals surface area (Å²) in [6.07, 6.45) is 0. The van der Waals surface area contributed by atoms with E-state index in [9.17, 15) is 14.7 Å². The first-order valence-electron chi connectivity index (χ1n) is 13.0. The summed E-state index contributed by atoms with van der Waals surface area (Å²) in [6.45, 7) is 17.6. The Bertz CT molecular complexity index is 1330. The number of pyridine rings is 1. The largest absolute Gasteiger partial charge is 0.509 e. The van der Waals surface area contributed by atoms with E-state index in [2.05, 4.69) is 49.3 Å². The Morgan fingerprint density at radius 1 is 0.921 bits per heavy atom. The summed E-state index contributed by atoms with van der Waals surface area (Å²) in [6, 6.07) is 20.1. The van der Waals surface area contributed by atoms with Gasteiger partial charge in [-0.1, -0.05) is 81.3 Å². The quantitative estimate of drug-likeness (QED) is 0.222. The summed E-state index contributed by atoms with van der Waals surface area (Å²) in [4.78, 5) is 22.7. The van der Waals surface area contributed by atoms with Gasteiger partial charge in [-0.05, 0) is 45.4 Å². The predicted octanol–water partition coefficient (Wildman–Crippen LogP) is 5.30. The first-order valence-corrected chi connectivity index (χ1v) is 12.5. The van der Waals surface area contributed by atoms with Gasteiger partial charge >= 0.3 is 0 Å². The number of nitrogens with zero attached hydrogens (tertiary/aromatic N) is 2. The Morgan fingerprint density at radius 2 is 1.39 bits per heavy atom. The fourth-order valence-corrected chi connectivity index (χ4v) is 2.80. The van der Waals surface area contributed by atoms with Gasteiger partial charge in [0.15, 0.2) is 5.56 Å². The molecule has 2 aromatic carbocycles. The van der Waals surface area contributed by atoms with Crippen LogP contribution in [-0.4, -0.2) is 27.3 Å². The molecule has 0 atom stereocenters. The Balaban J connectivity index is 0. The third-order valence-corrected chi connectivity index (χ3v) is 4.90. The minimum absolute atomic E-state index is 0. The molecule has 38 heavy (non-hydrogen) atoms. The number of rotatable bonds is 2. The van der Waals surface area contributed by atoms with Gasteiger partial charge in [-0.3, -0.25) is 9.59 Å². The normalized spacial score (nSPS) is 9.34. The minimum atomic E-state index is -0.453. The van der Waals surface area contributed by atoms with Crippen LogP contribution in [0.25, 0.3) is 5.69 Å². The van der Waals surface area contributed by atoms with Crippen LogP contribution in [-0.2, 0) is 27.6 Å². The average Bonchev–Trinajstić information content (AvgIpc) is 3.20. The number of nitrogens with one attached hydrogen (secondary N) is 1. The van der Waals surface area contributed by atoms with Gasteiger partial charge in [-0.15, -0.1) is 12.5 Å². The maximum Gasteiger partial charge on any atom is 0.273 e. The molecule has 4 rings (SSSR count). The molecule has 0 fully saturated rings. The molecule has 0 saturated carbocycles. The smallest absolute Gasteiger partial charge is 0.273 e. The first kappa shape index (κ1) is 35.0. The SMILES string of the molecule is CC.CC.Cc1ccc(C)cc1.[3H]c1[c-]c(=O)n(CC)c(O)c1C.[B]c1[nH]n(-c2ccccc2)c(=O)c1C.[W]. The molecule has 0 spiro atoms. The molecule has 0 saturated heterocycles. The minimum Gasteiger partial charge on any atom is -0.509 e. The van der Waals surface area contributed by atoms with Gasteiger partial charge in [-0.2, -0.15) is 6.07 Å². The number of aromatic nitrogens is 3. The average molecular weight is 688 g/mol. The monoisotopic (exact) mass is 688 g/mol. The van der Waals surface area contributed by atoms with E-state index >= 15 is 0 Å². The van der Waals surface area contributed by atoms with E-state index < -0.39 is 5.56 Å². The zero-order chi connectivity index (χ0) is 29.4. The fraction of sp³-hybridized carbons (Fsp3) is 0.333. The summed E-state index contributed by atoms with van der Waals surface area (Å²) in [5.41, 5.74) is 4.24. The second kappa shape index (κ2) is 20.0. The van der Waals surface area contributed by atoms with Crippen LogP contribution in [0.4, 0.5) is 0 Å². The number of aromatic hydroxyl groups is 1. The standard InChI is InChI=1S/C10H9BN2O.C8H10NO2.C8H10.2C2H6.W/c1-7-9(11)12-13(10(7)14)8-5-3-2-4-6-8;1-3-9-7(10)5-4-6(2)8(9)11;1-7-3-5-8(2)6-4-7;2*1-2;/h2-6,12H,1H3;4,11H,3H2,1-2H3;3-6H,1-2H3;2*1-2H3;/q;-1;;;;/i;4T;;;;. The molecule has 0 unspecified atom stereocenters. The Morgan fingerprint density at radius 3 is 1.79 bits per heavy atom. The fourth-order valence-electron chi connectivity index (χ4n) is 2.80. The number of hydrogen-bond acceptors (Lipinski definition) is 3. The molecule has 204 valence electrons. The molecule has 2 aromatic heterocycles. The molecule has 4 aromatic rings. The van der Waals surface area contributed by atoms with Gasteiger partial charge in [0.1, 0.15) is 13.7 Å². The van der Waals surface area contributed by atoms with Crippen molar-refractivity contribution in [1.29, 1.82) is 0 Å². The van der Waals surface area contributed by atoms with Crippen molar-refractivity contribution in [3.05, 3.63) is 110 Å². The van der Waals surface area contributed by atoms with Crippen molar-refractivity contribution < 1.29 is 27.5 Å². The van der Waals surface area contributed by atoms with Gasteiger partial charge in [0.05, 0.1) is 5.69 Å². The van der Waals surface area contributed by atoms with Gasteiger partial charge in [0, 0.05) is 34.5 Å². The maximum absolute atomic E-state index is 11.6. The number of H-pyrrole nitrogens is 1.